The number of hydrogen-bond donors (Lipinski definition) is 2. The van der Waals surface area contributed by atoms with Gasteiger partial charge in [0.25, 0.3) is 5.91 Å². The maximum Gasteiger partial charge on any atom is 0.251 e. The fourth-order valence-corrected chi connectivity index (χ4v) is 3.81. The molecule has 0 atom stereocenters. The number of carbonyl (C=O) groups is 2. The van der Waals surface area contributed by atoms with E-state index in [0.717, 1.165) is 5.69 Å². The minimum absolute atomic E-state index is 0.166. The lowest BCUT2D eigenvalue weighted by atomic mass is 10.2. The van der Waals surface area contributed by atoms with Gasteiger partial charge in [0.2, 0.25) is 5.91 Å². The van der Waals surface area contributed by atoms with Crippen LogP contribution < -0.4 is 10.6 Å². The number of halogens is 1. The highest BCUT2D eigenvalue weighted by atomic mass is 32.2. The Hall–Kier alpha value is -2.79. The van der Waals surface area contributed by atoms with Gasteiger partial charge < -0.3 is 15.2 Å². The van der Waals surface area contributed by atoms with Gasteiger partial charge in [0, 0.05) is 31.0 Å². The van der Waals surface area contributed by atoms with Crippen molar-refractivity contribution in [1.82, 2.24) is 25.1 Å². The molecule has 0 bridgehead atoms. The number of rotatable bonds is 8. The van der Waals surface area contributed by atoms with Crippen molar-refractivity contribution in [2.24, 2.45) is 7.05 Å². The molecule has 0 spiro atoms. The van der Waals surface area contributed by atoms with E-state index in [9.17, 15) is 14.0 Å². The molecule has 0 unspecified atom stereocenters. The predicted molar refractivity (Wildman–Crippen MR) is 110 cm³/mol. The average Bonchev–Trinajstić information content (AvgIpc) is 3.26. The van der Waals surface area contributed by atoms with Crippen LogP contribution in [0.25, 0.3) is 0 Å². The molecule has 0 fully saturated rings. The summed E-state index contributed by atoms with van der Waals surface area (Å²) in [5.74, 6) is 0.0339. The van der Waals surface area contributed by atoms with E-state index in [2.05, 4.69) is 25.8 Å². The fraction of sp³-hybridized carbons (Fsp3) is 0.278. The Morgan fingerprint density at radius 3 is 2.69 bits per heavy atom. The van der Waals surface area contributed by atoms with Crippen LogP contribution in [-0.4, -0.2) is 43.9 Å². The van der Waals surface area contributed by atoms with Gasteiger partial charge in [0.1, 0.15) is 11.6 Å². The molecule has 8 nitrogen and oxygen atoms in total. The Bertz CT molecular complexity index is 1000. The van der Waals surface area contributed by atoms with Crippen molar-refractivity contribution in [1.29, 1.82) is 0 Å². The first-order valence-electron chi connectivity index (χ1n) is 8.69. The first kappa shape index (κ1) is 20.9. The van der Waals surface area contributed by atoms with Crippen molar-refractivity contribution >= 4 is 40.0 Å². The first-order valence-corrected chi connectivity index (χ1v) is 10.6. The molecular weight excluding hydrogens is 415 g/mol. The van der Waals surface area contributed by atoms with Crippen LogP contribution in [0.4, 0.5) is 9.52 Å². The van der Waals surface area contributed by atoms with Crippen LogP contribution in [0, 0.1) is 12.7 Å². The molecule has 2 N–H and O–H groups in total. The molecule has 2 amide bonds. The largest absolute Gasteiger partial charge is 0.352 e. The van der Waals surface area contributed by atoms with Crippen molar-refractivity contribution in [3.05, 3.63) is 52.5 Å². The number of thioether (sulfide) groups is 1. The third kappa shape index (κ3) is 5.84. The number of nitrogens with one attached hydrogen (secondary N) is 2. The molecule has 0 radical (unpaired) electrons. The summed E-state index contributed by atoms with van der Waals surface area (Å²) in [5, 5.41) is 16.8. The summed E-state index contributed by atoms with van der Waals surface area (Å²) in [6.07, 6.45) is 0.474. The Labute approximate surface area is 174 Å². The van der Waals surface area contributed by atoms with Gasteiger partial charge in [-0.15, -0.1) is 21.5 Å². The highest BCUT2D eigenvalue weighted by molar-refractivity contribution is 7.99. The molecule has 2 aromatic heterocycles. The summed E-state index contributed by atoms with van der Waals surface area (Å²) >= 11 is 2.65. The van der Waals surface area contributed by atoms with Gasteiger partial charge in [-0.2, -0.15) is 0 Å². The third-order valence-electron chi connectivity index (χ3n) is 3.86. The second-order valence-corrected chi connectivity index (χ2v) is 7.90. The Balaban J connectivity index is 1.45. The van der Waals surface area contributed by atoms with Crippen molar-refractivity contribution in [2.45, 2.75) is 18.5 Å². The number of aryl methyl sites for hydroxylation is 1. The van der Waals surface area contributed by atoms with E-state index in [1.54, 1.807) is 4.57 Å². The van der Waals surface area contributed by atoms with E-state index in [4.69, 9.17) is 0 Å². The van der Waals surface area contributed by atoms with E-state index in [1.165, 1.54) is 47.4 Å². The number of anilines is 1. The molecule has 0 aliphatic heterocycles. The monoisotopic (exact) mass is 434 g/mol. The summed E-state index contributed by atoms with van der Waals surface area (Å²) < 4.78 is 14.7. The summed E-state index contributed by atoms with van der Waals surface area (Å²) in [4.78, 5) is 28.3. The fourth-order valence-electron chi connectivity index (χ4n) is 2.38. The Morgan fingerprint density at radius 1 is 1.24 bits per heavy atom. The van der Waals surface area contributed by atoms with Crippen molar-refractivity contribution in [3.8, 4) is 0 Å². The molecule has 0 saturated heterocycles. The van der Waals surface area contributed by atoms with E-state index in [1.807, 2.05) is 19.4 Å². The zero-order chi connectivity index (χ0) is 20.8. The molecule has 0 aliphatic carbocycles. The number of thiazole rings is 1. The topological polar surface area (TPSA) is 102 Å². The number of nitrogens with zero attached hydrogens (tertiary/aromatic N) is 4. The van der Waals surface area contributed by atoms with Crippen molar-refractivity contribution < 1.29 is 14.0 Å². The molecule has 11 heteroatoms. The van der Waals surface area contributed by atoms with Gasteiger partial charge in [-0.1, -0.05) is 11.8 Å². The predicted octanol–water partition coefficient (Wildman–Crippen LogP) is 2.42. The zero-order valence-corrected chi connectivity index (χ0v) is 17.4. The Morgan fingerprint density at radius 2 is 2.00 bits per heavy atom. The minimum atomic E-state index is -0.388. The summed E-state index contributed by atoms with van der Waals surface area (Å²) in [6.45, 7) is 2.22. The van der Waals surface area contributed by atoms with E-state index < -0.39 is 0 Å². The molecule has 29 heavy (non-hydrogen) atoms. The van der Waals surface area contributed by atoms with Gasteiger partial charge in [-0.05, 0) is 31.2 Å². The normalized spacial score (nSPS) is 10.7. The molecule has 0 aliphatic rings. The van der Waals surface area contributed by atoms with Crippen LogP contribution in [0.15, 0.2) is 34.8 Å². The van der Waals surface area contributed by atoms with Crippen LogP contribution in [0.3, 0.4) is 0 Å². The van der Waals surface area contributed by atoms with E-state index in [0.29, 0.717) is 34.6 Å². The van der Waals surface area contributed by atoms with Gasteiger partial charge in [-0.3, -0.25) is 9.59 Å². The Kier molecular flexibility index (Phi) is 6.94. The molecule has 152 valence electrons. The molecule has 3 rings (SSSR count). The summed E-state index contributed by atoms with van der Waals surface area (Å²) in [7, 11) is 1.81. The number of benzene rings is 1. The van der Waals surface area contributed by atoms with Crippen molar-refractivity contribution in [2.75, 3.05) is 17.6 Å². The minimum Gasteiger partial charge on any atom is -0.352 e. The van der Waals surface area contributed by atoms with Gasteiger partial charge in [-0.25, -0.2) is 9.37 Å². The second-order valence-electron chi connectivity index (χ2n) is 6.10. The summed E-state index contributed by atoms with van der Waals surface area (Å²) in [6, 6.07) is 5.35. The second kappa shape index (κ2) is 9.61. The molecule has 0 saturated carbocycles. The van der Waals surface area contributed by atoms with Gasteiger partial charge >= 0.3 is 0 Å². The highest BCUT2D eigenvalue weighted by Crippen LogP contribution is 2.18. The van der Waals surface area contributed by atoms with Gasteiger partial charge in [0.05, 0.1) is 11.4 Å². The van der Waals surface area contributed by atoms with Crippen LogP contribution in [0.2, 0.25) is 0 Å². The molecule has 3 aromatic rings. The number of amides is 2. The summed E-state index contributed by atoms with van der Waals surface area (Å²) in [5.41, 5.74) is 1.25. The number of aromatic nitrogens is 4. The van der Waals surface area contributed by atoms with Gasteiger partial charge in [0.15, 0.2) is 10.3 Å². The van der Waals surface area contributed by atoms with Crippen molar-refractivity contribution in [3.63, 3.8) is 0 Å². The van der Waals surface area contributed by atoms with E-state index >= 15 is 0 Å². The van der Waals surface area contributed by atoms with E-state index in [-0.39, 0.29) is 23.4 Å². The molecule has 1 aromatic carbocycles. The number of carbonyl (C=O) groups excluding carboxylic acids is 2. The maximum absolute atomic E-state index is 12.9. The van der Waals surface area contributed by atoms with Crippen LogP contribution >= 0.6 is 23.1 Å². The first-order chi connectivity index (χ1) is 13.9. The number of hydrogen-bond acceptors (Lipinski definition) is 7. The smallest absolute Gasteiger partial charge is 0.251 e. The lowest BCUT2D eigenvalue weighted by Crippen LogP contribution is -2.26. The highest BCUT2D eigenvalue weighted by Gasteiger charge is 2.13. The van der Waals surface area contributed by atoms with Crippen LogP contribution in [-0.2, 0) is 18.3 Å². The lowest BCUT2D eigenvalue weighted by molar-refractivity contribution is -0.113. The lowest BCUT2D eigenvalue weighted by Gasteiger charge is -2.06. The standard InChI is InChI=1S/C18H19FN6O2S2/c1-11-9-28-17(21-11)22-15(26)10-29-18-24-23-14(25(18)2)7-8-20-16(27)12-3-5-13(19)6-4-12/h3-6,9H,7-8,10H2,1-2H3,(H,20,27)(H,21,22,26). The third-order valence-corrected chi connectivity index (χ3v) is 5.76. The molecular formula is C18H19FN6O2S2. The molecule has 2 heterocycles. The van der Waals surface area contributed by atoms with Crippen LogP contribution in [0.1, 0.15) is 21.9 Å². The van der Waals surface area contributed by atoms with Crippen LogP contribution in [0.5, 0.6) is 0 Å². The average molecular weight is 435 g/mol. The maximum atomic E-state index is 12.9. The quantitative estimate of drug-likeness (QED) is 0.528. The SMILES string of the molecule is Cc1csc(NC(=O)CSc2nnc(CCNC(=O)c3ccc(F)cc3)n2C)n1. The zero-order valence-electron chi connectivity index (χ0n) is 15.8.